The molecule has 0 aliphatic carbocycles. The summed E-state index contributed by atoms with van der Waals surface area (Å²) in [4.78, 5) is 26.2. The number of rotatable bonds is 11. The van der Waals surface area contributed by atoms with Gasteiger partial charge in [0.2, 0.25) is 0 Å². The normalized spacial score (nSPS) is 10.9. The van der Waals surface area contributed by atoms with Crippen molar-refractivity contribution in [1.29, 1.82) is 0 Å². The Kier molecular flexibility index (Phi) is 11.9. The van der Waals surface area contributed by atoms with E-state index in [4.69, 9.17) is 32.7 Å². The quantitative estimate of drug-likeness (QED) is 0.311. The first-order chi connectivity index (χ1) is 9.49. The van der Waals surface area contributed by atoms with Crippen molar-refractivity contribution < 1.29 is 19.1 Å². The van der Waals surface area contributed by atoms with E-state index in [1.54, 1.807) is 23.9 Å². The molecule has 0 saturated heterocycles. The summed E-state index contributed by atoms with van der Waals surface area (Å²) in [5.41, 5.74) is 0. The van der Waals surface area contributed by atoms with Crippen molar-refractivity contribution in [2.24, 2.45) is 0 Å². The summed E-state index contributed by atoms with van der Waals surface area (Å²) in [6, 6.07) is 0. The Morgan fingerprint density at radius 1 is 0.850 bits per heavy atom. The molecule has 0 radical (unpaired) electrons. The van der Waals surface area contributed by atoms with Crippen LogP contribution >= 0.6 is 23.2 Å². The molecule has 0 rings (SSSR count). The molecule has 0 aliphatic heterocycles. The first kappa shape index (κ1) is 19.4. The van der Waals surface area contributed by atoms with E-state index in [2.05, 4.69) is 0 Å². The fourth-order valence-electron chi connectivity index (χ4n) is 1.29. The third kappa shape index (κ3) is 11.3. The molecular formula is C12H22Cl2N2O4. The molecule has 0 fully saturated rings. The van der Waals surface area contributed by atoms with Gasteiger partial charge in [-0.25, -0.2) is 0 Å². The molecule has 0 N–H and O–H groups in total. The van der Waals surface area contributed by atoms with E-state index in [0.717, 1.165) is 0 Å². The predicted octanol–water partition coefficient (Wildman–Crippen LogP) is 0.414. The van der Waals surface area contributed by atoms with E-state index in [1.165, 1.54) is 0 Å². The standard InChI is InChI=1S/C12H22Cl2N2O4/c1-15(5-3-13)9-11(17)19-7-8-20-12(18)10-16(2)6-4-14/h3-10H2,1-2H3. The fraction of sp³-hybridized carbons (Fsp3) is 0.833. The third-order valence-corrected chi connectivity index (χ3v) is 2.68. The summed E-state index contributed by atoms with van der Waals surface area (Å²) in [7, 11) is 3.55. The number of likely N-dealkylation sites (N-methyl/N-ethyl adjacent to an activating group) is 2. The van der Waals surface area contributed by atoms with Gasteiger partial charge in [-0.3, -0.25) is 19.4 Å². The number of carbonyl (C=O) groups excluding carboxylic acids is 2. The van der Waals surface area contributed by atoms with Crippen LogP contribution in [0.1, 0.15) is 0 Å². The molecule has 20 heavy (non-hydrogen) atoms. The SMILES string of the molecule is CN(CCCl)CC(=O)OCCOC(=O)CN(C)CCCl. The smallest absolute Gasteiger partial charge is 0.320 e. The molecule has 118 valence electrons. The van der Waals surface area contributed by atoms with Gasteiger partial charge in [0.15, 0.2) is 0 Å². The number of halogens is 2. The summed E-state index contributed by atoms with van der Waals surface area (Å²) in [5.74, 6) is 0.176. The Labute approximate surface area is 129 Å². The number of hydrogen-bond acceptors (Lipinski definition) is 6. The van der Waals surface area contributed by atoms with E-state index >= 15 is 0 Å². The van der Waals surface area contributed by atoms with Crippen molar-refractivity contribution >= 4 is 35.1 Å². The van der Waals surface area contributed by atoms with Gasteiger partial charge in [-0.05, 0) is 14.1 Å². The van der Waals surface area contributed by atoms with Crippen LogP contribution in [0.25, 0.3) is 0 Å². The number of hydrogen-bond donors (Lipinski definition) is 0. The van der Waals surface area contributed by atoms with E-state index in [-0.39, 0.29) is 38.2 Å². The molecule has 0 unspecified atom stereocenters. The topological polar surface area (TPSA) is 59.1 Å². The minimum Gasteiger partial charge on any atom is -0.461 e. The minimum atomic E-state index is -0.368. The fourth-order valence-corrected chi connectivity index (χ4v) is 1.87. The minimum absolute atomic E-state index is 0.0541. The van der Waals surface area contributed by atoms with Gasteiger partial charge >= 0.3 is 11.9 Å². The van der Waals surface area contributed by atoms with Crippen molar-refractivity contribution in [3.05, 3.63) is 0 Å². The molecular weight excluding hydrogens is 307 g/mol. The van der Waals surface area contributed by atoms with Gasteiger partial charge < -0.3 is 9.47 Å². The number of esters is 2. The number of carbonyl (C=O) groups is 2. The maximum Gasteiger partial charge on any atom is 0.320 e. The number of alkyl halides is 2. The molecule has 0 aromatic rings. The molecule has 0 amide bonds. The lowest BCUT2D eigenvalue weighted by Crippen LogP contribution is -2.31. The van der Waals surface area contributed by atoms with Crippen molar-refractivity contribution in [3.63, 3.8) is 0 Å². The van der Waals surface area contributed by atoms with Gasteiger partial charge in [0, 0.05) is 24.8 Å². The van der Waals surface area contributed by atoms with Crippen LogP contribution in [0, 0.1) is 0 Å². The zero-order chi connectivity index (χ0) is 15.4. The zero-order valence-corrected chi connectivity index (χ0v) is 13.5. The monoisotopic (exact) mass is 328 g/mol. The molecule has 0 spiro atoms. The van der Waals surface area contributed by atoms with Crippen molar-refractivity contribution in [1.82, 2.24) is 9.80 Å². The third-order valence-electron chi connectivity index (χ3n) is 2.34. The largest absolute Gasteiger partial charge is 0.461 e. The van der Waals surface area contributed by atoms with Crippen LogP contribution in [0.15, 0.2) is 0 Å². The lowest BCUT2D eigenvalue weighted by atomic mass is 10.5. The van der Waals surface area contributed by atoms with Gasteiger partial charge in [-0.2, -0.15) is 0 Å². The molecule has 0 aromatic carbocycles. The van der Waals surface area contributed by atoms with Gasteiger partial charge in [0.05, 0.1) is 13.1 Å². The summed E-state index contributed by atoms with van der Waals surface area (Å²) in [5, 5.41) is 0. The average Bonchev–Trinajstić information content (AvgIpc) is 2.35. The highest BCUT2D eigenvalue weighted by atomic mass is 35.5. The van der Waals surface area contributed by atoms with Crippen LogP contribution in [0.2, 0.25) is 0 Å². The van der Waals surface area contributed by atoms with Crippen molar-refractivity contribution in [2.45, 2.75) is 0 Å². The Bertz CT molecular complexity index is 265. The highest BCUT2D eigenvalue weighted by molar-refractivity contribution is 6.18. The maximum atomic E-state index is 11.4. The first-order valence-corrected chi connectivity index (χ1v) is 7.36. The van der Waals surface area contributed by atoms with Crippen LogP contribution in [0.5, 0.6) is 0 Å². The Morgan fingerprint density at radius 2 is 1.20 bits per heavy atom. The molecule has 6 nitrogen and oxygen atoms in total. The molecule has 0 atom stereocenters. The van der Waals surface area contributed by atoms with Gasteiger partial charge in [0.25, 0.3) is 0 Å². The van der Waals surface area contributed by atoms with Gasteiger partial charge in [0.1, 0.15) is 13.2 Å². The van der Waals surface area contributed by atoms with Gasteiger partial charge in [-0.15, -0.1) is 23.2 Å². The zero-order valence-electron chi connectivity index (χ0n) is 11.9. The highest BCUT2D eigenvalue weighted by Gasteiger charge is 2.09. The summed E-state index contributed by atoms with van der Waals surface area (Å²) in [6.07, 6.45) is 0. The van der Waals surface area contributed by atoms with E-state index in [0.29, 0.717) is 24.8 Å². The molecule has 0 saturated carbocycles. The van der Waals surface area contributed by atoms with Crippen LogP contribution in [-0.2, 0) is 19.1 Å². The van der Waals surface area contributed by atoms with Crippen LogP contribution < -0.4 is 0 Å². The molecule has 0 bridgehead atoms. The predicted molar refractivity (Wildman–Crippen MR) is 78.4 cm³/mol. The second-order valence-corrected chi connectivity index (χ2v) is 5.05. The summed E-state index contributed by atoms with van der Waals surface area (Å²) >= 11 is 11.1. The maximum absolute atomic E-state index is 11.4. The summed E-state index contributed by atoms with van der Waals surface area (Å²) in [6.45, 7) is 1.66. The molecule has 0 aliphatic rings. The lowest BCUT2D eigenvalue weighted by Gasteiger charge is -2.15. The average molecular weight is 329 g/mol. The Hall–Kier alpha value is -0.560. The van der Waals surface area contributed by atoms with Crippen molar-refractivity contribution in [2.75, 3.05) is 65.2 Å². The lowest BCUT2D eigenvalue weighted by molar-refractivity contribution is -0.153. The van der Waals surface area contributed by atoms with Crippen LogP contribution in [0.3, 0.4) is 0 Å². The molecule has 8 heteroatoms. The summed E-state index contributed by atoms with van der Waals surface area (Å²) < 4.78 is 9.85. The highest BCUT2D eigenvalue weighted by Crippen LogP contribution is 1.90. The van der Waals surface area contributed by atoms with E-state index < -0.39 is 0 Å². The first-order valence-electron chi connectivity index (χ1n) is 6.29. The molecule has 0 aromatic heterocycles. The Morgan fingerprint density at radius 3 is 1.50 bits per heavy atom. The number of nitrogens with zero attached hydrogens (tertiary/aromatic N) is 2. The van der Waals surface area contributed by atoms with Crippen LogP contribution in [0.4, 0.5) is 0 Å². The van der Waals surface area contributed by atoms with E-state index in [9.17, 15) is 9.59 Å². The molecule has 0 heterocycles. The Balaban J connectivity index is 3.60. The second-order valence-electron chi connectivity index (χ2n) is 4.29. The van der Waals surface area contributed by atoms with Crippen molar-refractivity contribution in [3.8, 4) is 0 Å². The van der Waals surface area contributed by atoms with Gasteiger partial charge in [-0.1, -0.05) is 0 Å². The number of ether oxygens (including phenoxy) is 2. The van der Waals surface area contributed by atoms with Crippen LogP contribution in [-0.4, -0.2) is 87.0 Å². The van der Waals surface area contributed by atoms with E-state index in [1.807, 2.05) is 0 Å². The second kappa shape index (κ2) is 12.2.